The normalized spacial score (nSPS) is 11.1. The summed E-state index contributed by atoms with van der Waals surface area (Å²) in [6.07, 6.45) is 0. The minimum absolute atomic E-state index is 0.0269. The van der Waals surface area contributed by atoms with E-state index in [4.69, 9.17) is 9.72 Å². The number of ether oxygens (including phenoxy) is 1. The second-order valence-electron chi connectivity index (χ2n) is 6.69. The maximum absolute atomic E-state index is 13.2. The number of hydrogen-bond donors (Lipinski definition) is 0. The summed E-state index contributed by atoms with van der Waals surface area (Å²) in [5.41, 5.74) is 2.69. The number of aryl methyl sites for hydroxylation is 1. The van der Waals surface area contributed by atoms with Crippen molar-refractivity contribution in [2.45, 2.75) is 13.8 Å². The molecule has 0 N–H and O–H groups in total. The maximum Gasteiger partial charge on any atom is 0.260 e. The number of fused-ring (bicyclic) bond motifs is 1. The van der Waals surface area contributed by atoms with E-state index in [1.165, 1.54) is 11.3 Å². The molecule has 0 saturated heterocycles. The summed E-state index contributed by atoms with van der Waals surface area (Å²) in [6.45, 7) is 5.95. The summed E-state index contributed by atoms with van der Waals surface area (Å²) >= 11 is 1.52. The van der Waals surface area contributed by atoms with Gasteiger partial charge in [-0.15, -0.1) is 0 Å². The number of thiazole rings is 1. The molecule has 6 heteroatoms. The summed E-state index contributed by atoms with van der Waals surface area (Å²) in [6, 6.07) is 13.5. The topological polar surface area (TPSA) is 45.7 Å². The number of likely N-dealkylation sites (N-methyl/N-ethyl adjacent to an activating group) is 1. The van der Waals surface area contributed by atoms with Crippen LogP contribution in [0, 0.1) is 6.92 Å². The molecule has 1 heterocycles. The molecule has 142 valence electrons. The SMILES string of the molecule is CCOc1ccc2nc(N(CCN(C)C)C(=O)c3ccc(C)cc3)sc2c1. The molecule has 0 aliphatic heterocycles. The highest BCUT2D eigenvalue weighted by atomic mass is 32.1. The predicted molar refractivity (Wildman–Crippen MR) is 112 cm³/mol. The van der Waals surface area contributed by atoms with Gasteiger partial charge in [0.1, 0.15) is 5.75 Å². The van der Waals surface area contributed by atoms with Crippen LogP contribution in [0.3, 0.4) is 0 Å². The van der Waals surface area contributed by atoms with Crippen molar-refractivity contribution < 1.29 is 9.53 Å². The molecule has 0 aliphatic rings. The van der Waals surface area contributed by atoms with Crippen LogP contribution in [0.15, 0.2) is 42.5 Å². The first kappa shape index (κ1) is 19.3. The van der Waals surface area contributed by atoms with E-state index < -0.39 is 0 Å². The Labute approximate surface area is 164 Å². The maximum atomic E-state index is 13.2. The van der Waals surface area contributed by atoms with Gasteiger partial charge in [0.25, 0.3) is 5.91 Å². The highest BCUT2D eigenvalue weighted by Gasteiger charge is 2.21. The van der Waals surface area contributed by atoms with E-state index in [1.807, 2.05) is 70.4 Å². The van der Waals surface area contributed by atoms with Crippen LogP contribution in [-0.2, 0) is 0 Å². The zero-order valence-corrected chi connectivity index (χ0v) is 17.0. The van der Waals surface area contributed by atoms with Gasteiger partial charge in [-0.2, -0.15) is 0 Å². The first-order chi connectivity index (χ1) is 13.0. The number of carbonyl (C=O) groups is 1. The van der Waals surface area contributed by atoms with Crippen molar-refractivity contribution in [1.29, 1.82) is 0 Å². The van der Waals surface area contributed by atoms with E-state index in [9.17, 15) is 4.79 Å². The van der Waals surface area contributed by atoms with Crippen molar-refractivity contribution in [2.24, 2.45) is 0 Å². The van der Waals surface area contributed by atoms with Crippen molar-refractivity contribution in [1.82, 2.24) is 9.88 Å². The first-order valence-corrected chi connectivity index (χ1v) is 9.86. The lowest BCUT2D eigenvalue weighted by Gasteiger charge is -2.22. The van der Waals surface area contributed by atoms with Crippen molar-refractivity contribution in [2.75, 3.05) is 38.7 Å². The number of carbonyl (C=O) groups excluding carboxylic acids is 1. The largest absolute Gasteiger partial charge is 0.494 e. The lowest BCUT2D eigenvalue weighted by atomic mass is 10.1. The Hall–Kier alpha value is -2.44. The van der Waals surface area contributed by atoms with Gasteiger partial charge >= 0.3 is 0 Å². The van der Waals surface area contributed by atoms with Crippen LogP contribution in [0.4, 0.5) is 5.13 Å². The van der Waals surface area contributed by atoms with Crippen LogP contribution in [-0.4, -0.2) is 49.6 Å². The Morgan fingerprint density at radius 2 is 1.85 bits per heavy atom. The second-order valence-corrected chi connectivity index (χ2v) is 7.69. The molecule has 0 atom stereocenters. The highest BCUT2D eigenvalue weighted by molar-refractivity contribution is 7.22. The summed E-state index contributed by atoms with van der Waals surface area (Å²) in [4.78, 5) is 21.7. The number of rotatable bonds is 7. The molecule has 0 aliphatic carbocycles. The van der Waals surface area contributed by atoms with Crippen LogP contribution in [0.2, 0.25) is 0 Å². The highest BCUT2D eigenvalue weighted by Crippen LogP contribution is 2.32. The van der Waals surface area contributed by atoms with Crippen LogP contribution in [0.1, 0.15) is 22.8 Å². The average Bonchev–Trinajstić information content (AvgIpc) is 3.05. The second kappa shape index (κ2) is 8.50. The molecule has 5 nitrogen and oxygen atoms in total. The van der Waals surface area contributed by atoms with Gasteiger partial charge < -0.3 is 9.64 Å². The van der Waals surface area contributed by atoms with E-state index in [0.717, 1.165) is 28.1 Å². The van der Waals surface area contributed by atoms with E-state index >= 15 is 0 Å². The number of aromatic nitrogens is 1. The van der Waals surface area contributed by atoms with Crippen molar-refractivity contribution >= 4 is 32.6 Å². The molecule has 0 radical (unpaired) electrons. The van der Waals surface area contributed by atoms with Gasteiger partial charge in [0.05, 0.1) is 16.8 Å². The predicted octanol–water partition coefficient (Wildman–Crippen LogP) is 4.21. The summed E-state index contributed by atoms with van der Waals surface area (Å²) in [5.74, 6) is 0.797. The third-order valence-electron chi connectivity index (χ3n) is 4.21. The Bertz CT molecular complexity index is 919. The lowest BCUT2D eigenvalue weighted by Crippen LogP contribution is -2.36. The third-order valence-corrected chi connectivity index (χ3v) is 5.25. The van der Waals surface area contributed by atoms with Gasteiger partial charge in [0.2, 0.25) is 0 Å². The fraction of sp³-hybridized carbons (Fsp3) is 0.333. The molecule has 3 rings (SSSR count). The van der Waals surface area contributed by atoms with Crippen LogP contribution in [0.5, 0.6) is 5.75 Å². The third kappa shape index (κ3) is 4.64. The average molecular weight is 384 g/mol. The smallest absolute Gasteiger partial charge is 0.260 e. The lowest BCUT2D eigenvalue weighted by molar-refractivity contribution is 0.0985. The quantitative estimate of drug-likeness (QED) is 0.613. The molecular weight excluding hydrogens is 358 g/mol. The fourth-order valence-electron chi connectivity index (χ4n) is 2.70. The number of nitrogens with zero attached hydrogens (tertiary/aromatic N) is 3. The zero-order valence-electron chi connectivity index (χ0n) is 16.2. The van der Waals surface area contributed by atoms with E-state index in [-0.39, 0.29) is 5.91 Å². The number of amides is 1. The van der Waals surface area contributed by atoms with Gasteiger partial charge in [-0.25, -0.2) is 4.98 Å². The molecule has 2 aromatic carbocycles. The zero-order chi connectivity index (χ0) is 19.4. The Morgan fingerprint density at radius 1 is 1.11 bits per heavy atom. The molecule has 0 saturated carbocycles. The summed E-state index contributed by atoms with van der Waals surface area (Å²) in [5, 5.41) is 0.714. The van der Waals surface area contributed by atoms with Gasteiger partial charge in [-0.05, 0) is 58.3 Å². The van der Waals surface area contributed by atoms with E-state index in [2.05, 4.69) is 4.90 Å². The molecule has 27 heavy (non-hydrogen) atoms. The Morgan fingerprint density at radius 3 is 2.52 bits per heavy atom. The molecule has 0 fully saturated rings. The van der Waals surface area contributed by atoms with E-state index in [0.29, 0.717) is 23.8 Å². The Balaban J connectivity index is 1.95. The van der Waals surface area contributed by atoms with Gasteiger partial charge in [0, 0.05) is 18.7 Å². The minimum Gasteiger partial charge on any atom is -0.494 e. The minimum atomic E-state index is -0.0269. The summed E-state index contributed by atoms with van der Waals surface area (Å²) in [7, 11) is 4.00. The molecule has 0 spiro atoms. The van der Waals surface area contributed by atoms with Gasteiger partial charge in [-0.1, -0.05) is 29.0 Å². The fourth-order valence-corrected chi connectivity index (χ4v) is 3.72. The monoisotopic (exact) mass is 383 g/mol. The van der Waals surface area contributed by atoms with Crippen molar-refractivity contribution in [3.05, 3.63) is 53.6 Å². The molecule has 1 aromatic heterocycles. The van der Waals surface area contributed by atoms with Gasteiger partial charge in [0.15, 0.2) is 5.13 Å². The summed E-state index contributed by atoms with van der Waals surface area (Å²) < 4.78 is 6.60. The van der Waals surface area contributed by atoms with Crippen LogP contribution in [0.25, 0.3) is 10.2 Å². The van der Waals surface area contributed by atoms with Crippen molar-refractivity contribution in [3.63, 3.8) is 0 Å². The van der Waals surface area contributed by atoms with E-state index in [1.54, 1.807) is 4.90 Å². The Kier molecular flexibility index (Phi) is 6.08. The number of benzene rings is 2. The number of hydrogen-bond acceptors (Lipinski definition) is 5. The number of anilines is 1. The van der Waals surface area contributed by atoms with Crippen LogP contribution < -0.4 is 9.64 Å². The van der Waals surface area contributed by atoms with Crippen molar-refractivity contribution in [3.8, 4) is 5.75 Å². The standard InChI is InChI=1S/C21H25N3O2S/c1-5-26-17-10-11-18-19(14-17)27-21(22-18)24(13-12-23(3)4)20(25)16-8-6-15(2)7-9-16/h6-11,14H,5,12-13H2,1-4H3. The molecular formula is C21H25N3O2S. The van der Waals surface area contributed by atoms with Crippen LogP contribution >= 0.6 is 11.3 Å². The molecule has 3 aromatic rings. The molecule has 1 amide bonds. The van der Waals surface area contributed by atoms with Gasteiger partial charge in [-0.3, -0.25) is 9.69 Å². The first-order valence-electron chi connectivity index (χ1n) is 9.04. The molecule has 0 unspecified atom stereocenters. The molecule has 0 bridgehead atoms.